The summed E-state index contributed by atoms with van der Waals surface area (Å²) in [7, 11) is 0. The summed E-state index contributed by atoms with van der Waals surface area (Å²) >= 11 is 12.2. The van der Waals surface area contributed by atoms with Gasteiger partial charge in [0.1, 0.15) is 0 Å². The van der Waals surface area contributed by atoms with Crippen LogP contribution in [-0.2, 0) is 4.79 Å². The second-order valence-corrected chi connectivity index (χ2v) is 11.5. The molecule has 186 valence electrons. The van der Waals surface area contributed by atoms with E-state index >= 15 is 0 Å². The SMILES string of the molecule is CCCC(=O)N(CCN1CCN(C(=O)c2ccc(Cl)cc2Cl)CC1)CC1=CCC2CC1C2(C)C. The minimum absolute atomic E-state index is 0.0493. The van der Waals surface area contributed by atoms with Gasteiger partial charge in [-0.25, -0.2) is 0 Å². The molecule has 2 fully saturated rings. The molecule has 0 radical (unpaired) electrons. The van der Waals surface area contributed by atoms with Crippen LogP contribution in [0.2, 0.25) is 10.0 Å². The molecule has 7 heteroatoms. The van der Waals surface area contributed by atoms with Gasteiger partial charge < -0.3 is 9.80 Å². The average Bonchev–Trinajstić information content (AvgIpc) is 2.81. The van der Waals surface area contributed by atoms with E-state index in [-0.39, 0.29) is 11.8 Å². The molecule has 0 N–H and O–H groups in total. The predicted octanol–water partition coefficient (Wildman–Crippen LogP) is 5.37. The highest BCUT2D eigenvalue weighted by Gasteiger charge is 2.51. The Bertz CT molecular complexity index is 953. The summed E-state index contributed by atoms with van der Waals surface area (Å²) in [5.74, 6) is 1.64. The monoisotopic (exact) mass is 505 g/mol. The summed E-state index contributed by atoms with van der Waals surface area (Å²) < 4.78 is 0. The molecule has 1 saturated heterocycles. The van der Waals surface area contributed by atoms with Crippen LogP contribution in [0, 0.1) is 17.3 Å². The van der Waals surface area contributed by atoms with Crippen molar-refractivity contribution in [2.24, 2.45) is 17.3 Å². The van der Waals surface area contributed by atoms with Gasteiger partial charge in [0.15, 0.2) is 0 Å². The maximum Gasteiger partial charge on any atom is 0.255 e. The maximum absolute atomic E-state index is 12.9. The Kier molecular flexibility index (Phi) is 7.95. The smallest absolute Gasteiger partial charge is 0.255 e. The van der Waals surface area contributed by atoms with Crippen molar-refractivity contribution in [3.8, 4) is 0 Å². The Morgan fingerprint density at radius 3 is 2.50 bits per heavy atom. The Morgan fingerprint density at radius 1 is 1.15 bits per heavy atom. The van der Waals surface area contributed by atoms with E-state index in [9.17, 15) is 9.59 Å². The van der Waals surface area contributed by atoms with Gasteiger partial charge >= 0.3 is 0 Å². The molecule has 5 nitrogen and oxygen atoms in total. The van der Waals surface area contributed by atoms with Gasteiger partial charge in [-0.1, -0.05) is 55.6 Å². The molecular formula is C27H37Cl2N3O2. The highest BCUT2D eigenvalue weighted by molar-refractivity contribution is 6.36. The number of carbonyl (C=O) groups excluding carboxylic acids is 2. The molecule has 0 aromatic heterocycles. The number of allylic oxidation sites excluding steroid dienone is 1. The first kappa shape index (κ1) is 25.5. The number of fused-ring (bicyclic) bond motifs is 1. The molecule has 1 aromatic carbocycles. The lowest BCUT2D eigenvalue weighted by atomic mass is 9.49. The fourth-order valence-corrected chi connectivity index (χ4v) is 6.30. The van der Waals surface area contributed by atoms with Crippen molar-refractivity contribution in [2.45, 2.75) is 46.5 Å². The number of benzene rings is 1. The molecule has 0 spiro atoms. The third-order valence-electron chi connectivity index (χ3n) is 8.28. The van der Waals surface area contributed by atoms with Crippen LogP contribution in [0.25, 0.3) is 0 Å². The van der Waals surface area contributed by atoms with E-state index < -0.39 is 0 Å². The van der Waals surface area contributed by atoms with E-state index in [0.717, 1.165) is 51.5 Å². The molecule has 2 unspecified atom stereocenters. The van der Waals surface area contributed by atoms with Gasteiger partial charge in [0.05, 0.1) is 10.6 Å². The highest BCUT2D eigenvalue weighted by Crippen LogP contribution is 2.59. The van der Waals surface area contributed by atoms with Gasteiger partial charge in [-0.05, 0) is 54.7 Å². The lowest BCUT2D eigenvalue weighted by Gasteiger charge is -2.57. The summed E-state index contributed by atoms with van der Waals surface area (Å²) in [6.07, 6.45) is 6.32. The summed E-state index contributed by atoms with van der Waals surface area (Å²) in [6, 6.07) is 5.01. The van der Waals surface area contributed by atoms with Gasteiger partial charge in [0.25, 0.3) is 5.91 Å². The van der Waals surface area contributed by atoms with Crippen LogP contribution in [0.3, 0.4) is 0 Å². The van der Waals surface area contributed by atoms with Crippen molar-refractivity contribution >= 4 is 35.0 Å². The summed E-state index contributed by atoms with van der Waals surface area (Å²) in [4.78, 5) is 32.1. The highest BCUT2D eigenvalue weighted by atomic mass is 35.5. The fourth-order valence-electron chi connectivity index (χ4n) is 5.81. The number of amides is 2. The Morgan fingerprint density at radius 2 is 1.88 bits per heavy atom. The number of halogens is 2. The van der Waals surface area contributed by atoms with Crippen LogP contribution in [0.4, 0.5) is 0 Å². The molecule has 1 saturated carbocycles. The fraction of sp³-hybridized carbons (Fsp3) is 0.630. The molecule has 4 aliphatic rings. The van der Waals surface area contributed by atoms with E-state index in [1.165, 1.54) is 12.0 Å². The number of rotatable bonds is 8. The molecule has 1 aromatic rings. The van der Waals surface area contributed by atoms with Gasteiger partial charge in [-0.3, -0.25) is 14.5 Å². The normalized spacial score (nSPS) is 23.8. The van der Waals surface area contributed by atoms with E-state index in [1.807, 2.05) is 4.90 Å². The van der Waals surface area contributed by atoms with Crippen LogP contribution < -0.4 is 0 Å². The van der Waals surface area contributed by atoms with E-state index in [2.05, 4.69) is 36.6 Å². The lowest BCUT2D eigenvalue weighted by Crippen LogP contribution is -2.52. The molecule has 1 heterocycles. The first-order valence-electron chi connectivity index (χ1n) is 12.6. The predicted molar refractivity (Wildman–Crippen MR) is 138 cm³/mol. The van der Waals surface area contributed by atoms with Gasteiger partial charge in [-0.2, -0.15) is 0 Å². The lowest BCUT2D eigenvalue weighted by molar-refractivity contribution is -0.131. The van der Waals surface area contributed by atoms with Crippen molar-refractivity contribution in [3.05, 3.63) is 45.5 Å². The molecule has 2 atom stereocenters. The van der Waals surface area contributed by atoms with Crippen LogP contribution in [0.5, 0.6) is 0 Å². The molecule has 2 bridgehead atoms. The zero-order valence-corrected chi connectivity index (χ0v) is 22.2. The molecule has 5 rings (SSSR count). The van der Waals surface area contributed by atoms with Crippen LogP contribution >= 0.6 is 23.2 Å². The van der Waals surface area contributed by atoms with Crippen LogP contribution in [0.1, 0.15) is 56.8 Å². The first-order valence-corrected chi connectivity index (χ1v) is 13.4. The van der Waals surface area contributed by atoms with Crippen molar-refractivity contribution in [1.82, 2.24) is 14.7 Å². The first-order chi connectivity index (χ1) is 16.2. The van der Waals surface area contributed by atoms with E-state index in [0.29, 0.717) is 46.5 Å². The number of hydrogen-bond donors (Lipinski definition) is 0. The second kappa shape index (κ2) is 10.6. The number of hydrogen-bond acceptors (Lipinski definition) is 3. The summed E-state index contributed by atoms with van der Waals surface area (Å²) in [5.41, 5.74) is 2.34. The van der Waals surface area contributed by atoms with E-state index in [4.69, 9.17) is 23.2 Å². The zero-order valence-electron chi connectivity index (χ0n) is 20.7. The topological polar surface area (TPSA) is 43.9 Å². The third kappa shape index (κ3) is 5.32. The summed E-state index contributed by atoms with van der Waals surface area (Å²) in [6.45, 7) is 12.1. The quantitative estimate of drug-likeness (QED) is 0.445. The largest absolute Gasteiger partial charge is 0.337 e. The molecule has 34 heavy (non-hydrogen) atoms. The standard InChI is InChI=1S/C27H37Cl2N3O2/c1-4-5-25(33)32(18-19-6-7-20-16-23(19)27(20,2)3)15-12-30-10-13-31(14-11-30)26(34)22-9-8-21(28)17-24(22)29/h6,8-9,17,20,23H,4-5,7,10-16,18H2,1-3H3. The molecular weight excluding hydrogens is 469 g/mol. The number of carbonyl (C=O) groups is 2. The summed E-state index contributed by atoms with van der Waals surface area (Å²) in [5, 5.41) is 0.918. The van der Waals surface area contributed by atoms with Gasteiger partial charge in [0.2, 0.25) is 5.91 Å². The van der Waals surface area contributed by atoms with Crippen molar-refractivity contribution in [3.63, 3.8) is 0 Å². The third-order valence-corrected chi connectivity index (χ3v) is 8.83. The van der Waals surface area contributed by atoms with Crippen molar-refractivity contribution in [2.75, 3.05) is 45.8 Å². The van der Waals surface area contributed by atoms with Crippen LogP contribution in [0.15, 0.2) is 29.8 Å². The Balaban J connectivity index is 1.31. The minimum Gasteiger partial charge on any atom is -0.337 e. The molecule has 3 aliphatic carbocycles. The zero-order chi connectivity index (χ0) is 24.5. The average molecular weight is 507 g/mol. The number of nitrogens with zero attached hydrogens (tertiary/aromatic N) is 3. The van der Waals surface area contributed by atoms with Crippen molar-refractivity contribution in [1.29, 1.82) is 0 Å². The van der Waals surface area contributed by atoms with Crippen molar-refractivity contribution < 1.29 is 9.59 Å². The van der Waals surface area contributed by atoms with Crippen LogP contribution in [-0.4, -0.2) is 72.3 Å². The van der Waals surface area contributed by atoms with E-state index in [1.54, 1.807) is 18.2 Å². The maximum atomic E-state index is 12.9. The second-order valence-electron chi connectivity index (χ2n) is 10.6. The van der Waals surface area contributed by atoms with Gasteiger partial charge in [-0.15, -0.1) is 0 Å². The van der Waals surface area contributed by atoms with Gasteiger partial charge in [0, 0.05) is 57.3 Å². The minimum atomic E-state index is -0.0493. The Labute approximate surface area is 214 Å². The molecule has 1 aliphatic heterocycles. The Hall–Kier alpha value is -1.56. The molecule has 2 amide bonds. The number of piperazine rings is 1.